The van der Waals surface area contributed by atoms with Gasteiger partial charge in [0.1, 0.15) is 5.75 Å². The Morgan fingerprint density at radius 2 is 1.93 bits per heavy atom. The highest BCUT2D eigenvalue weighted by atomic mass is 35.5. The summed E-state index contributed by atoms with van der Waals surface area (Å²) >= 11 is 5.91. The molecule has 9 heteroatoms. The summed E-state index contributed by atoms with van der Waals surface area (Å²) in [6.45, 7) is 1.71. The second-order valence-electron chi connectivity index (χ2n) is 5.42. The Kier molecular flexibility index (Phi) is 7.53. The molecule has 0 fully saturated rings. The fourth-order valence-electron chi connectivity index (χ4n) is 2.09. The van der Waals surface area contributed by atoms with Crippen molar-refractivity contribution in [1.29, 1.82) is 0 Å². The summed E-state index contributed by atoms with van der Waals surface area (Å²) in [7, 11) is 0. The van der Waals surface area contributed by atoms with Gasteiger partial charge in [-0.05, 0) is 36.8 Å². The van der Waals surface area contributed by atoms with Crippen molar-refractivity contribution in [2.75, 3.05) is 18.5 Å². The maximum Gasteiger partial charge on any atom is 0.330 e. The molecule has 1 amide bonds. The lowest BCUT2D eigenvalue weighted by Gasteiger charge is -2.09. The molecule has 0 heterocycles. The van der Waals surface area contributed by atoms with E-state index in [9.17, 15) is 19.7 Å². The van der Waals surface area contributed by atoms with Gasteiger partial charge < -0.3 is 14.8 Å². The van der Waals surface area contributed by atoms with Crippen LogP contribution in [0.5, 0.6) is 5.75 Å². The summed E-state index contributed by atoms with van der Waals surface area (Å²) < 4.78 is 10.1. The Balaban J connectivity index is 1.88. The molecule has 0 aliphatic heterocycles. The number of ether oxygens (including phenoxy) is 2. The van der Waals surface area contributed by atoms with E-state index in [0.29, 0.717) is 12.3 Å². The Morgan fingerprint density at radius 3 is 2.54 bits per heavy atom. The number of carbonyl (C=O) groups excluding carboxylic acids is 2. The third kappa shape index (κ3) is 6.40. The topological polar surface area (TPSA) is 108 Å². The zero-order chi connectivity index (χ0) is 20.5. The van der Waals surface area contributed by atoms with E-state index in [4.69, 9.17) is 21.1 Å². The third-order valence-electron chi connectivity index (χ3n) is 3.38. The average Bonchev–Trinajstić information content (AvgIpc) is 2.66. The van der Waals surface area contributed by atoms with Crippen LogP contribution in [0.4, 0.5) is 11.4 Å². The van der Waals surface area contributed by atoms with Crippen molar-refractivity contribution < 1.29 is 24.0 Å². The van der Waals surface area contributed by atoms with Crippen LogP contribution in [-0.2, 0) is 14.3 Å². The van der Waals surface area contributed by atoms with Crippen LogP contribution in [0.1, 0.15) is 12.5 Å². The van der Waals surface area contributed by atoms with E-state index in [-0.39, 0.29) is 23.1 Å². The van der Waals surface area contributed by atoms with Crippen molar-refractivity contribution >= 4 is 40.9 Å². The van der Waals surface area contributed by atoms with Crippen LogP contribution < -0.4 is 10.1 Å². The van der Waals surface area contributed by atoms with Crippen LogP contribution in [0.3, 0.4) is 0 Å². The van der Waals surface area contributed by atoms with Gasteiger partial charge in [-0.1, -0.05) is 23.7 Å². The van der Waals surface area contributed by atoms with Crippen LogP contribution in [-0.4, -0.2) is 30.0 Å². The Hall–Kier alpha value is -3.39. The average molecular weight is 405 g/mol. The minimum absolute atomic E-state index is 0.0414. The number of carbonyl (C=O) groups is 2. The molecule has 1 N–H and O–H groups in total. The maximum absolute atomic E-state index is 12.0. The standard InChI is InChI=1S/C19H17ClN2O6/c1-2-27-19(24)10-5-13-3-6-14(7-4-13)21-18(23)12-28-17-9-8-15(22(25)26)11-16(17)20/h3-11H,2,12H2,1H3,(H,21,23)/b10-5+. The first-order chi connectivity index (χ1) is 13.4. The number of non-ortho nitro benzene ring substituents is 1. The number of hydrogen-bond acceptors (Lipinski definition) is 6. The van der Waals surface area contributed by atoms with Gasteiger partial charge in [-0.15, -0.1) is 0 Å². The SMILES string of the molecule is CCOC(=O)/C=C/c1ccc(NC(=O)COc2ccc([N+](=O)[O-])cc2Cl)cc1. The van der Waals surface area contributed by atoms with E-state index in [0.717, 1.165) is 11.6 Å². The Bertz CT molecular complexity index is 896. The molecule has 8 nitrogen and oxygen atoms in total. The van der Waals surface area contributed by atoms with E-state index in [1.165, 1.54) is 18.2 Å². The number of halogens is 1. The lowest BCUT2D eigenvalue weighted by Crippen LogP contribution is -2.20. The number of benzene rings is 2. The monoisotopic (exact) mass is 404 g/mol. The second-order valence-corrected chi connectivity index (χ2v) is 5.82. The van der Waals surface area contributed by atoms with Crippen LogP contribution in [0, 0.1) is 10.1 Å². The number of hydrogen-bond donors (Lipinski definition) is 1. The van der Waals surface area contributed by atoms with Gasteiger partial charge in [-0.2, -0.15) is 0 Å². The summed E-state index contributed by atoms with van der Waals surface area (Å²) in [6, 6.07) is 10.5. The summed E-state index contributed by atoms with van der Waals surface area (Å²) in [5.74, 6) is -0.687. The van der Waals surface area contributed by atoms with Crippen LogP contribution in [0.2, 0.25) is 5.02 Å². The zero-order valence-electron chi connectivity index (χ0n) is 14.9. The highest BCUT2D eigenvalue weighted by molar-refractivity contribution is 6.32. The van der Waals surface area contributed by atoms with E-state index in [1.807, 2.05) is 0 Å². The predicted molar refractivity (Wildman–Crippen MR) is 104 cm³/mol. The first kappa shape index (κ1) is 20.9. The molecule has 0 aliphatic carbocycles. The van der Waals surface area contributed by atoms with Gasteiger partial charge >= 0.3 is 5.97 Å². The number of esters is 1. The second kappa shape index (κ2) is 10.1. The number of nitrogens with one attached hydrogen (secondary N) is 1. The van der Waals surface area contributed by atoms with Gasteiger partial charge in [0, 0.05) is 23.9 Å². The molecule has 0 radical (unpaired) electrons. The van der Waals surface area contributed by atoms with Crippen molar-refractivity contribution in [1.82, 2.24) is 0 Å². The molecule has 0 bridgehead atoms. The van der Waals surface area contributed by atoms with Crippen molar-refractivity contribution in [2.45, 2.75) is 6.92 Å². The summed E-state index contributed by atoms with van der Waals surface area (Å²) in [4.78, 5) is 33.4. The zero-order valence-corrected chi connectivity index (χ0v) is 15.6. The van der Waals surface area contributed by atoms with E-state index in [1.54, 1.807) is 37.3 Å². The Labute approximate surface area is 165 Å². The molecule has 28 heavy (non-hydrogen) atoms. The van der Waals surface area contributed by atoms with Crippen molar-refractivity contribution in [2.24, 2.45) is 0 Å². The summed E-state index contributed by atoms with van der Waals surface area (Å²) in [5.41, 5.74) is 1.13. The molecule has 146 valence electrons. The van der Waals surface area contributed by atoms with Crippen molar-refractivity contribution in [3.05, 3.63) is 69.2 Å². The van der Waals surface area contributed by atoms with Gasteiger partial charge in [0.25, 0.3) is 11.6 Å². The predicted octanol–water partition coefficient (Wildman–Crippen LogP) is 3.84. The van der Waals surface area contributed by atoms with Gasteiger partial charge in [0.15, 0.2) is 6.61 Å². The third-order valence-corrected chi connectivity index (χ3v) is 3.67. The van der Waals surface area contributed by atoms with Crippen LogP contribution in [0.15, 0.2) is 48.5 Å². The molecule has 0 atom stereocenters. The lowest BCUT2D eigenvalue weighted by molar-refractivity contribution is -0.384. The Morgan fingerprint density at radius 1 is 1.21 bits per heavy atom. The first-order valence-electron chi connectivity index (χ1n) is 8.20. The number of nitro groups is 1. The first-order valence-corrected chi connectivity index (χ1v) is 8.58. The molecule has 0 spiro atoms. The quantitative estimate of drug-likeness (QED) is 0.310. The number of nitro benzene ring substituents is 1. The maximum atomic E-state index is 12.0. The minimum atomic E-state index is -0.575. The van der Waals surface area contributed by atoms with Crippen molar-refractivity contribution in [3.8, 4) is 5.75 Å². The smallest absolute Gasteiger partial charge is 0.330 e. The fourth-order valence-corrected chi connectivity index (χ4v) is 2.32. The van der Waals surface area contributed by atoms with Crippen molar-refractivity contribution in [3.63, 3.8) is 0 Å². The molecule has 2 rings (SSSR count). The highest BCUT2D eigenvalue weighted by Gasteiger charge is 2.11. The van der Waals surface area contributed by atoms with Gasteiger partial charge in [0.05, 0.1) is 16.6 Å². The summed E-state index contributed by atoms with van der Waals surface area (Å²) in [6.07, 6.45) is 2.92. The molecular weight excluding hydrogens is 388 g/mol. The normalized spacial score (nSPS) is 10.5. The molecule has 0 unspecified atom stereocenters. The van der Waals surface area contributed by atoms with Crippen LogP contribution in [0.25, 0.3) is 6.08 Å². The van der Waals surface area contributed by atoms with Gasteiger partial charge in [-0.3, -0.25) is 14.9 Å². The number of rotatable bonds is 8. The van der Waals surface area contributed by atoms with E-state index in [2.05, 4.69) is 5.32 Å². The molecule has 0 aliphatic rings. The number of amides is 1. The fraction of sp³-hybridized carbons (Fsp3) is 0.158. The number of nitrogens with zero attached hydrogens (tertiary/aromatic N) is 1. The van der Waals surface area contributed by atoms with E-state index < -0.39 is 16.8 Å². The molecule has 0 saturated carbocycles. The molecular formula is C19H17ClN2O6. The molecule has 0 saturated heterocycles. The highest BCUT2D eigenvalue weighted by Crippen LogP contribution is 2.28. The van der Waals surface area contributed by atoms with Gasteiger partial charge in [-0.25, -0.2) is 4.79 Å². The van der Waals surface area contributed by atoms with Crippen LogP contribution >= 0.6 is 11.6 Å². The van der Waals surface area contributed by atoms with Gasteiger partial charge in [0.2, 0.25) is 0 Å². The molecule has 0 aromatic heterocycles. The minimum Gasteiger partial charge on any atom is -0.482 e. The summed E-state index contributed by atoms with van der Waals surface area (Å²) in [5, 5.41) is 13.4. The lowest BCUT2D eigenvalue weighted by atomic mass is 10.2. The number of anilines is 1. The largest absolute Gasteiger partial charge is 0.482 e. The van der Waals surface area contributed by atoms with E-state index >= 15 is 0 Å². The molecule has 2 aromatic carbocycles. The molecule has 2 aromatic rings.